The smallest absolute Gasteiger partial charge is 0.319 e. The third-order valence-electron chi connectivity index (χ3n) is 2.78. The van der Waals surface area contributed by atoms with Crippen LogP contribution in [0.3, 0.4) is 0 Å². The number of benzene rings is 1. The van der Waals surface area contributed by atoms with Crippen LogP contribution in [0.5, 0.6) is 0 Å². The Kier molecular flexibility index (Phi) is 7.93. The minimum atomic E-state index is -0.772. The molecule has 3 N–H and O–H groups in total. The van der Waals surface area contributed by atoms with Crippen molar-refractivity contribution in [1.82, 2.24) is 5.32 Å². The van der Waals surface area contributed by atoms with Crippen molar-refractivity contribution in [2.24, 2.45) is 0 Å². The first-order valence-corrected chi connectivity index (χ1v) is 7.46. The number of carbonyl (C=O) groups is 2. The Morgan fingerprint density at radius 3 is 2.52 bits per heavy atom. The number of carboxylic acids is 1. The SMILES string of the molecule is O=C(O)CCCCCCNC(=O)Nc1cc(Cl)ccc1Cl. The molecule has 0 bridgehead atoms. The first kappa shape index (κ1) is 17.6. The lowest BCUT2D eigenvalue weighted by molar-refractivity contribution is -0.137. The van der Waals surface area contributed by atoms with E-state index in [1.165, 1.54) is 0 Å². The second-order valence-electron chi connectivity index (χ2n) is 4.56. The summed E-state index contributed by atoms with van der Waals surface area (Å²) in [7, 11) is 0. The molecule has 21 heavy (non-hydrogen) atoms. The molecule has 0 heterocycles. The Morgan fingerprint density at radius 2 is 1.81 bits per heavy atom. The number of aliphatic carboxylic acids is 1. The molecule has 0 aliphatic carbocycles. The minimum Gasteiger partial charge on any atom is -0.481 e. The molecule has 0 aliphatic heterocycles. The van der Waals surface area contributed by atoms with Crippen LogP contribution >= 0.6 is 23.2 Å². The highest BCUT2D eigenvalue weighted by atomic mass is 35.5. The van der Waals surface area contributed by atoms with Gasteiger partial charge >= 0.3 is 12.0 Å². The lowest BCUT2D eigenvalue weighted by Gasteiger charge is -2.09. The summed E-state index contributed by atoms with van der Waals surface area (Å²) in [5, 5.41) is 14.7. The fraction of sp³-hybridized carbons (Fsp3) is 0.429. The van der Waals surface area contributed by atoms with Crippen LogP contribution in [0.15, 0.2) is 18.2 Å². The summed E-state index contributed by atoms with van der Waals surface area (Å²) < 4.78 is 0. The molecular formula is C14H18Cl2N2O3. The Balaban J connectivity index is 2.17. The molecule has 0 fully saturated rings. The van der Waals surface area contributed by atoms with E-state index in [-0.39, 0.29) is 12.5 Å². The quantitative estimate of drug-likeness (QED) is 0.625. The maximum absolute atomic E-state index is 11.7. The molecular weight excluding hydrogens is 315 g/mol. The number of nitrogens with one attached hydrogen (secondary N) is 2. The predicted molar refractivity (Wildman–Crippen MR) is 84.2 cm³/mol. The van der Waals surface area contributed by atoms with E-state index in [0.717, 1.165) is 19.3 Å². The summed E-state index contributed by atoms with van der Waals surface area (Å²) in [5.74, 6) is -0.772. The molecule has 0 saturated carbocycles. The van der Waals surface area contributed by atoms with Gasteiger partial charge in [0.25, 0.3) is 0 Å². The molecule has 0 radical (unpaired) electrons. The predicted octanol–water partition coefficient (Wildman–Crippen LogP) is 4.15. The van der Waals surface area contributed by atoms with Crippen molar-refractivity contribution < 1.29 is 14.7 Å². The molecule has 0 aromatic heterocycles. The van der Waals surface area contributed by atoms with E-state index in [4.69, 9.17) is 28.3 Å². The van der Waals surface area contributed by atoms with E-state index in [2.05, 4.69) is 10.6 Å². The number of halogens is 2. The van der Waals surface area contributed by atoms with Crippen LogP contribution in [-0.2, 0) is 4.79 Å². The largest absolute Gasteiger partial charge is 0.481 e. The molecule has 1 rings (SSSR count). The summed E-state index contributed by atoms with van der Waals surface area (Å²) in [6.45, 7) is 0.525. The first-order chi connectivity index (χ1) is 9.99. The van der Waals surface area contributed by atoms with Crippen LogP contribution in [0.25, 0.3) is 0 Å². The average Bonchev–Trinajstić information content (AvgIpc) is 2.41. The van der Waals surface area contributed by atoms with Gasteiger partial charge in [-0.3, -0.25) is 4.79 Å². The molecule has 116 valence electrons. The molecule has 0 spiro atoms. The maximum Gasteiger partial charge on any atom is 0.319 e. The zero-order valence-corrected chi connectivity index (χ0v) is 13.0. The molecule has 0 unspecified atom stereocenters. The number of unbranched alkanes of at least 4 members (excludes halogenated alkanes) is 3. The number of amides is 2. The van der Waals surface area contributed by atoms with E-state index in [0.29, 0.717) is 28.7 Å². The van der Waals surface area contributed by atoms with Crippen LogP contribution in [0.4, 0.5) is 10.5 Å². The monoisotopic (exact) mass is 332 g/mol. The number of carbonyl (C=O) groups excluding carboxylic acids is 1. The lowest BCUT2D eigenvalue weighted by Crippen LogP contribution is -2.29. The third kappa shape index (κ3) is 7.78. The zero-order chi connectivity index (χ0) is 15.7. The highest BCUT2D eigenvalue weighted by Gasteiger charge is 2.05. The molecule has 1 aromatic rings. The highest BCUT2D eigenvalue weighted by Crippen LogP contribution is 2.25. The van der Waals surface area contributed by atoms with Crippen molar-refractivity contribution in [2.75, 3.05) is 11.9 Å². The Bertz CT molecular complexity index is 495. The van der Waals surface area contributed by atoms with Gasteiger partial charge in [0.05, 0.1) is 10.7 Å². The van der Waals surface area contributed by atoms with Crippen molar-refractivity contribution in [2.45, 2.75) is 32.1 Å². The summed E-state index contributed by atoms with van der Waals surface area (Å²) >= 11 is 11.8. The van der Waals surface area contributed by atoms with E-state index in [1.807, 2.05) is 0 Å². The van der Waals surface area contributed by atoms with Crippen LogP contribution in [0.2, 0.25) is 10.0 Å². The summed E-state index contributed by atoms with van der Waals surface area (Å²) in [4.78, 5) is 22.0. The van der Waals surface area contributed by atoms with Gasteiger partial charge in [-0.05, 0) is 31.0 Å². The van der Waals surface area contributed by atoms with Crippen molar-refractivity contribution in [3.63, 3.8) is 0 Å². The van der Waals surface area contributed by atoms with Gasteiger partial charge in [0, 0.05) is 18.0 Å². The minimum absolute atomic E-state index is 0.196. The summed E-state index contributed by atoms with van der Waals surface area (Å²) in [6, 6.07) is 4.49. The van der Waals surface area contributed by atoms with Gasteiger partial charge in [-0.2, -0.15) is 0 Å². The van der Waals surface area contributed by atoms with Gasteiger partial charge in [0.2, 0.25) is 0 Å². The average molecular weight is 333 g/mol. The van der Waals surface area contributed by atoms with E-state index >= 15 is 0 Å². The number of anilines is 1. The number of carboxylic acid groups (broad SMARTS) is 1. The molecule has 0 aliphatic rings. The van der Waals surface area contributed by atoms with Gasteiger partial charge in [-0.1, -0.05) is 36.0 Å². The fourth-order valence-electron chi connectivity index (χ4n) is 1.72. The Hall–Kier alpha value is -1.46. The second kappa shape index (κ2) is 9.47. The van der Waals surface area contributed by atoms with E-state index in [9.17, 15) is 9.59 Å². The molecule has 7 heteroatoms. The van der Waals surface area contributed by atoms with E-state index < -0.39 is 5.97 Å². The normalized spacial score (nSPS) is 10.2. The van der Waals surface area contributed by atoms with Gasteiger partial charge in [0.1, 0.15) is 0 Å². The van der Waals surface area contributed by atoms with Gasteiger partial charge < -0.3 is 15.7 Å². The second-order valence-corrected chi connectivity index (χ2v) is 5.41. The zero-order valence-electron chi connectivity index (χ0n) is 11.5. The molecule has 5 nitrogen and oxygen atoms in total. The Morgan fingerprint density at radius 1 is 1.10 bits per heavy atom. The molecule has 1 aromatic carbocycles. The fourth-order valence-corrected chi connectivity index (χ4v) is 2.05. The first-order valence-electron chi connectivity index (χ1n) is 6.70. The van der Waals surface area contributed by atoms with E-state index in [1.54, 1.807) is 18.2 Å². The number of hydrogen-bond donors (Lipinski definition) is 3. The van der Waals surface area contributed by atoms with Gasteiger partial charge in [-0.25, -0.2) is 4.79 Å². The highest BCUT2D eigenvalue weighted by molar-refractivity contribution is 6.35. The van der Waals surface area contributed by atoms with Crippen LogP contribution in [0.1, 0.15) is 32.1 Å². The van der Waals surface area contributed by atoms with Crippen LogP contribution in [0, 0.1) is 0 Å². The molecule has 0 atom stereocenters. The van der Waals surface area contributed by atoms with Crippen LogP contribution < -0.4 is 10.6 Å². The molecule has 0 saturated heterocycles. The van der Waals surface area contributed by atoms with Crippen LogP contribution in [-0.4, -0.2) is 23.7 Å². The lowest BCUT2D eigenvalue weighted by atomic mass is 10.1. The van der Waals surface area contributed by atoms with Crippen molar-refractivity contribution in [1.29, 1.82) is 0 Å². The van der Waals surface area contributed by atoms with Crippen molar-refractivity contribution in [3.8, 4) is 0 Å². The molecule has 2 amide bonds. The Labute approximate surface area is 133 Å². The third-order valence-corrected chi connectivity index (χ3v) is 3.34. The topological polar surface area (TPSA) is 78.4 Å². The summed E-state index contributed by atoms with van der Waals surface area (Å²) in [5.41, 5.74) is 0.461. The standard InChI is InChI=1S/C14H18Cl2N2O3/c15-10-6-7-11(16)12(9-10)18-14(21)17-8-4-2-1-3-5-13(19)20/h6-7,9H,1-5,8H2,(H,19,20)(H2,17,18,21). The van der Waals surface area contributed by atoms with Crippen molar-refractivity contribution in [3.05, 3.63) is 28.2 Å². The maximum atomic E-state index is 11.7. The van der Waals surface area contributed by atoms with Gasteiger partial charge in [-0.15, -0.1) is 0 Å². The summed E-state index contributed by atoms with van der Waals surface area (Å²) in [6.07, 6.45) is 3.39. The number of urea groups is 1. The number of rotatable bonds is 8. The number of hydrogen-bond acceptors (Lipinski definition) is 2. The van der Waals surface area contributed by atoms with Crippen molar-refractivity contribution >= 4 is 40.9 Å². The van der Waals surface area contributed by atoms with Gasteiger partial charge in [0.15, 0.2) is 0 Å².